The van der Waals surface area contributed by atoms with Gasteiger partial charge in [0.25, 0.3) is 0 Å². The molecule has 2 aromatic rings. The number of ketones is 1. The fraction of sp³-hybridized carbons (Fsp3) is 0.278. The maximum Gasteiger partial charge on any atom is 0.170 e. The van der Waals surface area contributed by atoms with Crippen LogP contribution in [0.15, 0.2) is 36.4 Å². The van der Waals surface area contributed by atoms with E-state index in [9.17, 15) is 4.79 Å². The first-order valence-corrected chi connectivity index (χ1v) is 7.04. The second-order valence-corrected chi connectivity index (χ2v) is 5.40. The van der Waals surface area contributed by atoms with Crippen molar-refractivity contribution in [2.45, 2.75) is 26.4 Å². The number of fused-ring (bicyclic) bond motifs is 1. The minimum Gasteiger partial charge on any atom is -0.497 e. The molecule has 0 fully saturated rings. The van der Waals surface area contributed by atoms with Crippen LogP contribution in [0.4, 0.5) is 0 Å². The Bertz CT molecular complexity index is 683. The van der Waals surface area contributed by atoms with Gasteiger partial charge in [0, 0.05) is 0 Å². The van der Waals surface area contributed by atoms with Gasteiger partial charge < -0.3 is 9.47 Å². The van der Waals surface area contributed by atoms with Gasteiger partial charge >= 0.3 is 0 Å². The van der Waals surface area contributed by atoms with E-state index >= 15 is 0 Å². The van der Waals surface area contributed by atoms with Gasteiger partial charge in [0.2, 0.25) is 0 Å². The molecule has 3 nitrogen and oxygen atoms in total. The van der Waals surface area contributed by atoms with Crippen LogP contribution in [-0.4, -0.2) is 12.9 Å². The van der Waals surface area contributed by atoms with Crippen LogP contribution in [0.3, 0.4) is 0 Å². The molecular formula is C18H18O3. The van der Waals surface area contributed by atoms with Crippen molar-refractivity contribution in [2.75, 3.05) is 7.11 Å². The highest BCUT2D eigenvalue weighted by atomic mass is 16.5. The largest absolute Gasteiger partial charge is 0.497 e. The topological polar surface area (TPSA) is 35.5 Å². The summed E-state index contributed by atoms with van der Waals surface area (Å²) in [6.45, 7) is 4.11. The first-order valence-electron chi connectivity index (χ1n) is 7.04. The number of Topliss-reactive ketones (excluding diaryl/α,β-unsaturated/α-hetero) is 1. The van der Waals surface area contributed by atoms with E-state index in [0.717, 1.165) is 16.7 Å². The van der Waals surface area contributed by atoms with Crippen LogP contribution in [0.5, 0.6) is 11.5 Å². The van der Waals surface area contributed by atoms with Crippen molar-refractivity contribution in [1.82, 2.24) is 0 Å². The highest BCUT2D eigenvalue weighted by Crippen LogP contribution is 2.38. The number of hydrogen-bond donors (Lipinski definition) is 0. The highest BCUT2D eigenvalue weighted by Gasteiger charge is 2.29. The lowest BCUT2D eigenvalue weighted by molar-refractivity contribution is 0.0848. The SMILES string of the molecule is COc1ccc2c(c1)C(=O)CC(c1c(C)cccc1C)O2. The van der Waals surface area contributed by atoms with Crippen molar-refractivity contribution in [1.29, 1.82) is 0 Å². The molecule has 3 rings (SSSR count). The van der Waals surface area contributed by atoms with Crippen LogP contribution in [0.1, 0.15) is 39.6 Å². The summed E-state index contributed by atoms with van der Waals surface area (Å²) in [5.74, 6) is 1.42. The summed E-state index contributed by atoms with van der Waals surface area (Å²) in [5, 5.41) is 0. The zero-order chi connectivity index (χ0) is 15.0. The Morgan fingerprint density at radius 1 is 1.14 bits per heavy atom. The summed E-state index contributed by atoms with van der Waals surface area (Å²) in [5.41, 5.74) is 4.04. The van der Waals surface area contributed by atoms with Gasteiger partial charge in [-0.3, -0.25) is 4.79 Å². The standard InChI is InChI=1S/C18H18O3/c1-11-5-4-6-12(2)18(11)17-10-15(19)14-9-13(20-3)7-8-16(14)21-17/h4-9,17H,10H2,1-3H3. The van der Waals surface area contributed by atoms with Crippen molar-refractivity contribution >= 4 is 5.78 Å². The molecule has 1 unspecified atom stereocenters. The molecule has 3 heteroatoms. The molecule has 108 valence electrons. The molecule has 1 atom stereocenters. The fourth-order valence-corrected chi connectivity index (χ4v) is 2.93. The zero-order valence-electron chi connectivity index (χ0n) is 12.5. The molecule has 0 aromatic heterocycles. The first-order chi connectivity index (χ1) is 10.1. The van der Waals surface area contributed by atoms with Crippen LogP contribution in [0, 0.1) is 13.8 Å². The fourth-order valence-electron chi connectivity index (χ4n) is 2.93. The second-order valence-electron chi connectivity index (χ2n) is 5.40. The van der Waals surface area contributed by atoms with Gasteiger partial charge in [-0.05, 0) is 48.7 Å². The molecule has 0 amide bonds. The third-order valence-corrected chi connectivity index (χ3v) is 3.99. The molecular weight excluding hydrogens is 264 g/mol. The van der Waals surface area contributed by atoms with Crippen LogP contribution in [-0.2, 0) is 0 Å². The number of methoxy groups -OCH3 is 1. The van der Waals surface area contributed by atoms with Crippen LogP contribution >= 0.6 is 0 Å². The average Bonchev–Trinajstić information content (AvgIpc) is 2.47. The van der Waals surface area contributed by atoms with Crippen LogP contribution in [0.2, 0.25) is 0 Å². The van der Waals surface area contributed by atoms with E-state index in [2.05, 4.69) is 26.0 Å². The third-order valence-electron chi connectivity index (χ3n) is 3.99. The van der Waals surface area contributed by atoms with Crippen molar-refractivity contribution < 1.29 is 14.3 Å². The molecule has 0 radical (unpaired) electrons. The number of carbonyl (C=O) groups is 1. The molecule has 0 aliphatic carbocycles. The van der Waals surface area contributed by atoms with Crippen molar-refractivity contribution in [3.8, 4) is 11.5 Å². The predicted octanol–water partition coefficient (Wildman–Crippen LogP) is 4.02. The predicted molar refractivity (Wildman–Crippen MR) is 81.2 cm³/mol. The Kier molecular flexibility index (Phi) is 3.42. The Morgan fingerprint density at radius 2 is 1.86 bits per heavy atom. The molecule has 0 N–H and O–H groups in total. The molecule has 1 aliphatic rings. The van der Waals surface area contributed by atoms with E-state index in [4.69, 9.17) is 9.47 Å². The number of rotatable bonds is 2. The highest BCUT2D eigenvalue weighted by molar-refractivity contribution is 6.00. The van der Waals surface area contributed by atoms with Gasteiger partial charge in [-0.1, -0.05) is 18.2 Å². The average molecular weight is 282 g/mol. The van der Waals surface area contributed by atoms with E-state index in [0.29, 0.717) is 23.5 Å². The van der Waals surface area contributed by atoms with Crippen LogP contribution in [0.25, 0.3) is 0 Å². The Balaban J connectivity index is 2.01. The summed E-state index contributed by atoms with van der Waals surface area (Å²) >= 11 is 0. The molecule has 0 saturated carbocycles. The lowest BCUT2D eigenvalue weighted by atomic mass is 9.91. The van der Waals surface area contributed by atoms with Crippen LogP contribution < -0.4 is 9.47 Å². The number of benzene rings is 2. The molecule has 21 heavy (non-hydrogen) atoms. The summed E-state index contributed by atoms with van der Waals surface area (Å²) in [6, 6.07) is 11.5. The van der Waals surface area contributed by atoms with E-state index in [1.165, 1.54) is 0 Å². The number of ether oxygens (including phenoxy) is 2. The molecule has 1 heterocycles. The lowest BCUT2D eigenvalue weighted by Gasteiger charge is -2.28. The quantitative estimate of drug-likeness (QED) is 0.834. The molecule has 2 aromatic carbocycles. The van der Waals surface area contributed by atoms with Gasteiger partial charge in [0.05, 0.1) is 19.1 Å². The Morgan fingerprint density at radius 3 is 2.52 bits per heavy atom. The summed E-state index contributed by atoms with van der Waals surface area (Å²) in [6.07, 6.45) is 0.158. The minimum absolute atomic E-state index is 0.0998. The van der Waals surface area contributed by atoms with Gasteiger partial charge in [-0.15, -0.1) is 0 Å². The minimum atomic E-state index is -0.209. The number of carbonyl (C=O) groups excluding carboxylic acids is 1. The monoisotopic (exact) mass is 282 g/mol. The summed E-state index contributed by atoms with van der Waals surface area (Å²) in [4.78, 5) is 12.4. The smallest absolute Gasteiger partial charge is 0.170 e. The normalized spacial score (nSPS) is 17.1. The zero-order valence-corrected chi connectivity index (χ0v) is 12.5. The Labute approximate surface area is 124 Å². The molecule has 0 spiro atoms. The summed E-state index contributed by atoms with van der Waals surface area (Å²) < 4.78 is 11.2. The van der Waals surface area contributed by atoms with E-state index in [1.807, 2.05) is 18.2 Å². The second kappa shape index (κ2) is 5.24. The lowest BCUT2D eigenvalue weighted by Crippen LogP contribution is -2.21. The molecule has 1 aliphatic heterocycles. The van der Waals surface area contributed by atoms with Crippen molar-refractivity contribution in [3.63, 3.8) is 0 Å². The summed E-state index contributed by atoms with van der Waals surface area (Å²) in [7, 11) is 1.59. The van der Waals surface area contributed by atoms with E-state index in [-0.39, 0.29) is 11.9 Å². The number of hydrogen-bond acceptors (Lipinski definition) is 3. The van der Waals surface area contributed by atoms with Gasteiger partial charge in [0.1, 0.15) is 17.6 Å². The Hall–Kier alpha value is -2.29. The van der Waals surface area contributed by atoms with Gasteiger partial charge in [-0.25, -0.2) is 0 Å². The molecule has 0 saturated heterocycles. The maximum absolute atomic E-state index is 12.4. The van der Waals surface area contributed by atoms with E-state index < -0.39 is 0 Å². The van der Waals surface area contributed by atoms with Crippen molar-refractivity contribution in [3.05, 3.63) is 58.7 Å². The maximum atomic E-state index is 12.4. The first kappa shape index (κ1) is 13.7. The molecule has 0 bridgehead atoms. The number of aryl methyl sites for hydroxylation is 2. The van der Waals surface area contributed by atoms with Crippen molar-refractivity contribution in [2.24, 2.45) is 0 Å². The van der Waals surface area contributed by atoms with Gasteiger partial charge in [-0.2, -0.15) is 0 Å². The third kappa shape index (κ3) is 2.40. The van der Waals surface area contributed by atoms with Gasteiger partial charge in [0.15, 0.2) is 5.78 Å². The van der Waals surface area contributed by atoms with E-state index in [1.54, 1.807) is 13.2 Å².